The van der Waals surface area contributed by atoms with E-state index in [9.17, 15) is 23.9 Å². The molecule has 0 bridgehead atoms. The minimum atomic E-state index is -0.917. The van der Waals surface area contributed by atoms with Crippen LogP contribution in [0.2, 0.25) is 0 Å². The summed E-state index contributed by atoms with van der Waals surface area (Å²) < 4.78 is 13.0. The van der Waals surface area contributed by atoms with Crippen molar-refractivity contribution in [2.24, 2.45) is 11.8 Å². The van der Waals surface area contributed by atoms with Gasteiger partial charge in [-0.25, -0.2) is 4.39 Å². The first-order valence-corrected chi connectivity index (χ1v) is 8.32. The molecule has 2 rings (SSSR count). The number of nitrogens with one attached hydrogen (secondary N) is 1. The van der Waals surface area contributed by atoms with E-state index in [1.807, 2.05) is 13.8 Å². The van der Waals surface area contributed by atoms with E-state index in [0.717, 1.165) is 0 Å². The van der Waals surface area contributed by atoms with Crippen LogP contribution in [0.3, 0.4) is 0 Å². The van der Waals surface area contributed by atoms with E-state index >= 15 is 0 Å². The van der Waals surface area contributed by atoms with Gasteiger partial charge in [0.1, 0.15) is 11.9 Å². The van der Waals surface area contributed by atoms with Crippen molar-refractivity contribution in [2.75, 3.05) is 6.54 Å². The fourth-order valence-corrected chi connectivity index (χ4v) is 3.10. The molecule has 3 unspecified atom stereocenters. The predicted molar refractivity (Wildman–Crippen MR) is 89.4 cm³/mol. The van der Waals surface area contributed by atoms with E-state index in [1.54, 1.807) is 6.92 Å². The van der Waals surface area contributed by atoms with E-state index in [0.29, 0.717) is 13.0 Å². The Balaban J connectivity index is 2.12. The zero-order chi connectivity index (χ0) is 18.7. The number of likely N-dealkylation sites (tertiary alicyclic amines) is 1. The van der Waals surface area contributed by atoms with Gasteiger partial charge in [-0.2, -0.15) is 0 Å². The minimum Gasteiger partial charge on any atom is -0.481 e. The summed E-state index contributed by atoms with van der Waals surface area (Å²) in [5.74, 6) is -2.88. The highest BCUT2D eigenvalue weighted by Gasteiger charge is 2.41. The molecule has 1 saturated heterocycles. The van der Waals surface area contributed by atoms with Crippen LogP contribution < -0.4 is 5.32 Å². The molecule has 0 aromatic heterocycles. The second-order valence-corrected chi connectivity index (χ2v) is 6.71. The lowest BCUT2D eigenvalue weighted by molar-refractivity contribution is -0.143. The molecule has 0 spiro atoms. The van der Waals surface area contributed by atoms with Crippen molar-refractivity contribution in [3.05, 3.63) is 35.6 Å². The minimum absolute atomic E-state index is 0.173. The Labute approximate surface area is 146 Å². The molecule has 1 aromatic carbocycles. The number of hydrogen-bond acceptors (Lipinski definition) is 3. The highest BCUT2D eigenvalue weighted by Crippen LogP contribution is 2.26. The zero-order valence-corrected chi connectivity index (χ0v) is 14.5. The van der Waals surface area contributed by atoms with Crippen molar-refractivity contribution >= 4 is 17.8 Å². The SMILES string of the molecule is CC(C)C(NC(=O)c1ccc(F)cc1)C(=O)N1CCC(C(=O)O)C1C. The first kappa shape index (κ1) is 18.9. The van der Waals surface area contributed by atoms with Gasteiger partial charge < -0.3 is 15.3 Å². The summed E-state index contributed by atoms with van der Waals surface area (Å²) in [5.41, 5.74) is 0.262. The van der Waals surface area contributed by atoms with Gasteiger partial charge in [-0.3, -0.25) is 14.4 Å². The van der Waals surface area contributed by atoms with Gasteiger partial charge in [0.15, 0.2) is 0 Å². The van der Waals surface area contributed by atoms with Crippen molar-refractivity contribution in [1.29, 1.82) is 0 Å². The van der Waals surface area contributed by atoms with Gasteiger partial charge in [0, 0.05) is 18.2 Å². The Bertz CT molecular complexity index is 660. The molecule has 0 radical (unpaired) electrons. The smallest absolute Gasteiger partial charge is 0.308 e. The standard InChI is InChI=1S/C18H23FN2O4/c1-10(2)15(20-16(22)12-4-6-13(19)7-5-12)17(23)21-9-8-14(11(21)3)18(24)25/h4-7,10-11,14-15H,8-9H2,1-3H3,(H,20,22)(H,24,25). The number of amides is 2. The maximum atomic E-state index is 13.0. The Morgan fingerprint density at radius 2 is 1.84 bits per heavy atom. The first-order chi connectivity index (χ1) is 11.7. The molecule has 0 saturated carbocycles. The second-order valence-electron chi connectivity index (χ2n) is 6.71. The summed E-state index contributed by atoms with van der Waals surface area (Å²) in [4.78, 5) is 37.9. The zero-order valence-electron chi connectivity index (χ0n) is 14.5. The van der Waals surface area contributed by atoms with Crippen LogP contribution in [0.4, 0.5) is 4.39 Å². The number of carbonyl (C=O) groups is 3. The Hall–Kier alpha value is -2.44. The number of carboxylic acid groups (broad SMARTS) is 1. The maximum absolute atomic E-state index is 13.0. The van der Waals surface area contributed by atoms with Gasteiger partial charge in [-0.05, 0) is 43.5 Å². The average Bonchev–Trinajstić information content (AvgIpc) is 2.94. The largest absolute Gasteiger partial charge is 0.481 e. The van der Waals surface area contributed by atoms with Gasteiger partial charge in [-0.1, -0.05) is 13.8 Å². The van der Waals surface area contributed by atoms with Gasteiger partial charge in [0.2, 0.25) is 5.91 Å². The number of aliphatic carboxylic acids is 1. The third kappa shape index (κ3) is 4.15. The number of benzene rings is 1. The van der Waals surface area contributed by atoms with Crippen LogP contribution in [0.5, 0.6) is 0 Å². The Morgan fingerprint density at radius 1 is 1.24 bits per heavy atom. The number of hydrogen-bond donors (Lipinski definition) is 2. The molecule has 1 aromatic rings. The van der Waals surface area contributed by atoms with Crippen molar-refractivity contribution in [1.82, 2.24) is 10.2 Å². The molecular weight excluding hydrogens is 327 g/mol. The fraction of sp³-hybridized carbons (Fsp3) is 0.500. The third-order valence-corrected chi connectivity index (χ3v) is 4.68. The van der Waals surface area contributed by atoms with Crippen LogP contribution in [0.25, 0.3) is 0 Å². The lowest BCUT2D eigenvalue weighted by Crippen LogP contribution is -2.52. The van der Waals surface area contributed by atoms with Crippen molar-refractivity contribution in [3.8, 4) is 0 Å². The third-order valence-electron chi connectivity index (χ3n) is 4.68. The predicted octanol–water partition coefficient (Wildman–Crippen LogP) is 1.90. The molecule has 3 atom stereocenters. The van der Waals surface area contributed by atoms with Gasteiger partial charge in [0.05, 0.1) is 5.92 Å². The highest BCUT2D eigenvalue weighted by atomic mass is 19.1. The van der Waals surface area contributed by atoms with Crippen LogP contribution >= 0.6 is 0 Å². The summed E-state index contributed by atoms with van der Waals surface area (Å²) in [7, 11) is 0. The van der Waals surface area contributed by atoms with Gasteiger partial charge >= 0.3 is 5.97 Å². The number of halogens is 1. The summed E-state index contributed by atoms with van der Waals surface area (Å²) in [6.07, 6.45) is 0.402. The normalized spacial score (nSPS) is 21.2. The monoisotopic (exact) mass is 350 g/mol. The molecule has 1 aliphatic rings. The second kappa shape index (κ2) is 7.63. The summed E-state index contributed by atoms with van der Waals surface area (Å²) in [6.45, 7) is 5.68. The highest BCUT2D eigenvalue weighted by molar-refractivity contribution is 5.97. The van der Waals surface area contributed by atoms with E-state index in [1.165, 1.54) is 29.2 Å². The molecule has 136 valence electrons. The molecule has 7 heteroatoms. The molecule has 6 nitrogen and oxygen atoms in total. The summed E-state index contributed by atoms with van der Waals surface area (Å²) in [5, 5.41) is 11.9. The molecular formula is C18H23FN2O4. The van der Waals surface area contributed by atoms with Gasteiger partial charge in [-0.15, -0.1) is 0 Å². The molecule has 0 aliphatic carbocycles. The van der Waals surface area contributed by atoms with Crippen LogP contribution in [0, 0.1) is 17.7 Å². The number of carbonyl (C=O) groups excluding carboxylic acids is 2. The van der Waals surface area contributed by atoms with Crippen molar-refractivity contribution < 1.29 is 23.9 Å². The molecule has 2 N–H and O–H groups in total. The lowest BCUT2D eigenvalue weighted by atomic mass is 10.00. The Morgan fingerprint density at radius 3 is 2.32 bits per heavy atom. The molecule has 1 fully saturated rings. The summed E-state index contributed by atoms with van der Waals surface area (Å²) in [6, 6.07) is 3.88. The number of rotatable bonds is 5. The number of nitrogens with zero attached hydrogens (tertiary/aromatic N) is 1. The molecule has 25 heavy (non-hydrogen) atoms. The lowest BCUT2D eigenvalue weighted by Gasteiger charge is -2.30. The van der Waals surface area contributed by atoms with E-state index in [4.69, 9.17) is 0 Å². The molecule has 2 amide bonds. The average molecular weight is 350 g/mol. The van der Waals surface area contributed by atoms with E-state index in [2.05, 4.69) is 5.32 Å². The van der Waals surface area contributed by atoms with Crippen molar-refractivity contribution in [3.63, 3.8) is 0 Å². The van der Waals surface area contributed by atoms with Crippen LogP contribution in [0.1, 0.15) is 37.6 Å². The molecule has 1 heterocycles. The first-order valence-electron chi connectivity index (χ1n) is 8.32. The Kier molecular flexibility index (Phi) is 5.77. The fourth-order valence-electron chi connectivity index (χ4n) is 3.10. The summed E-state index contributed by atoms with van der Waals surface area (Å²) >= 11 is 0. The van der Waals surface area contributed by atoms with Crippen LogP contribution in [0.15, 0.2) is 24.3 Å². The maximum Gasteiger partial charge on any atom is 0.308 e. The van der Waals surface area contributed by atoms with E-state index < -0.39 is 35.7 Å². The molecule has 1 aliphatic heterocycles. The van der Waals surface area contributed by atoms with Crippen LogP contribution in [-0.2, 0) is 9.59 Å². The van der Waals surface area contributed by atoms with Gasteiger partial charge in [0.25, 0.3) is 5.91 Å². The van der Waals surface area contributed by atoms with Crippen molar-refractivity contribution in [2.45, 2.75) is 39.3 Å². The van der Waals surface area contributed by atoms with E-state index in [-0.39, 0.29) is 17.4 Å². The van der Waals surface area contributed by atoms with Crippen LogP contribution in [-0.4, -0.2) is 46.4 Å². The quantitative estimate of drug-likeness (QED) is 0.849. The topological polar surface area (TPSA) is 86.7 Å². The number of carboxylic acids is 1.